The summed E-state index contributed by atoms with van der Waals surface area (Å²) in [6.45, 7) is 6.88. The Balaban J connectivity index is 4.95. The third kappa shape index (κ3) is 59.1. The zero-order valence-electron chi connectivity index (χ0n) is 52.9. The molecule has 0 aromatic carbocycles. The molecule has 0 aromatic heterocycles. The molecule has 0 aliphatic heterocycles. The molecule has 78 heavy (non-hydrogen) atoms. The number of hydrogen-bond acceptors (Lipinski definition) is 7. The van der Waals surface area contributed by atoms with Gasteiger partial charge in [-0.15, -0.1) is 0 Å². The van der Waals surface area contributed by atoms with E-state index in [4.69, 9.17) is 13.8 Å². The van der Waals surface area contributed by atoms with Crippen molar-refractivity contribution >= 4 is 19.7 Å². The molecule has 10 heteroatoms. The Morgan fingerprint density at radius 1 is 0.436 bits per heavy atom. The minimum atomic E-state index is -4.70. The molecule has 3 atom stereocenters. The monoisotopic (exact) mass is 1120 g/mol. The Morgan fingerprint density at radius 3 is 1.10 bits per heavy atom. The third-order valence-corrected chi connectivity index (χ3v) is 16.6. The van der Waals surface area contributed by atoms with Crippen LogP contribution in [0.1, 0.15) is 348 Å². The Bertz CT molecular complexity index is 1380. The average molecular weight is 1120 g/mol. The van der Waals surface area contributed by atoms with E-state index in [-0.39, 0.29) is 31.5 Å². The number of carbonyl (C=O) groups excluding carboxylic acids is 2. The van der Waals surface area contributed by atoms with Crippen molar-refractivity contribution in [1.29, 1.82) is 0 Å². The molecule has 0 heterocycles. The lowest BCUT2D eigenvalue weighted by molar-refractivity contribution is -0.870. The van der Waals surface area contributed by atoms with Gasteiger partial charge < -0.3 is 28.5 Å². The molecule has 0 spiro atoms. The van der Waals surface area contributed by atoms with Crippen LogP contribution < -0.4 is 10.2 Å². The molecule has 0 radical (unpaired) electrons. The summed E-state index contributed by atoms with van der Waals surface area (Å²) in [5.74, 6) is -0.542. The van der Waals surface area contributed by atoms with E-state index in [1.807, 2.05) is 33.3 Å². The zero-order valence-corrected chi connectivity index (χ0v) is 53.8. The maximum absolute atomic E-state index is 13.6. The number of phosphoric ester groups is 1. The lowest BCUT2D eigenvalue weighted by atomic mass is 10.0. The summed E-state index contributed by atoms with van der Waals surface area (Å²) in [5, 5.41) is 3.04. The molecule has 3 unspecified atom stereocenters. The molecular weight excluding hydrogens is 988 g/mol. The first kappa shape index (κ1) is 76.5. The highest BCUT2D eigenvalue weighted by Gasteiger charge is 2.27. The number of nitrogens with zero attached hydrogens (tertiary/aromatic N) is 1. The maximum Gasteiger partial charge on any atom is 0.306 e. The van der Waals surface area contributed by atoms with E-state index in [9.17, 15) is 19.0 Å². The van der Waals surface area contributed by atoms with E-state index in [2.05, 4.69) is 38.2 Å². The molecule has 462 valence electrons. The van der Waals surface area contributed by atoms with Crippen molar-refractivity contribution in [2.75, 3.05) is 40.9 Å². The molecule has 9 nitrogen and oxygen atoms in total. The number of ether oxygens (including phenoxy) is 1. The van der Waals surface area contributed by atoms with Gasteiger partial charge in [0.25, 0.3) is 7.82 Å². The zero-order chi connectivity index (χ0) is 57.2. The topological polar surface area (TPSA) is 114 Å². The van der Waals surface area contributed by atoms with Gasteiger partial charge in [0.15, 0.2) is 0 Å². The van der Waals surface area contributed by atoms with E-state index < -0.39 is 20.0 Å². The highest BCUT2D eigenvalue weighted by Crippen LogP contribution is 2.38. The number of carbonyl (C=O) groups is 2. The van der Waals surface area contributed by atoms with Gasteiger partial charge in [-0.05, 0) is 57.4 Å². The molecular formula is C68H133N2O7P. The lowest BCUT2D eigenvalue weighted by Crippen LogP contribution is -2.47. The maximum atomic E-state index is 13.6. The summed E-state index contributed by atoms with van der Waals surface area (Å²) in [4.78, 5) is 40.0. The summed E-state index contributed by atoms with van der Waals surface area (Å²) in [5.41, 5.74) is 0. The second-order valence-corrected chi connectivity index (χ2v) is 26.1. The number of allylic oxidation sites excluding steroid dienone is 3. The van der Waals surface area contributed by atoms with Crippen molar-refractivity contribution in [3.05, 3.63) is 24.3 Å². The number of phosphoric acid groups is 1. The summed E-state index contributed by atoms with van der Waals surface area (Å²) in [7, 11) is 1.20. The first-order valence-corrected chi connectivity index (χ1v) is 35.6. The van der Waals surface area contributed by atoms with E-state index in [1.165, 1.54) is 244 Å². The summed E-state index contributed by atoms with van der Waals surface area (Å²) < 4.78 is 30.3. The largest absolute Gasteiger partial charge is 0.756 e. The van der Waals surface area contributed by atoms with Gasteiger partial charge >= 0.3 is 5.97 Å². The van der Waals surface area contributed by atoms with Crippen molar-refractivity contribution in [3.8, 4) is 0 Å². The van der Waals surface area contributed by atoms with E-state index in [0.717, 1.165) is 64.2 Å². The fourth-order valence-corrected chi connectivity index (χ4v) is 11.1. The fraction of sp³-hybridized carbons (Fsp3) is 0.912. The van der Waals surface area contributed by atoms with E-state index in [0.29, 0.717) is 23.9 Å². The van der Waals surface area contributed by atoms with E-state index >= 15 is 0 Å². The highest BCUT2D eigenvalue weighted by molar-refractivity contribution is 7.45. The number of amides is 1. The number of esters is 1. The summed E-state index contributed by atoms with van der Waals surface area (Å²) in [6.07, 6.45) is 70.3. The van der Waals surface area contributed by atoms with Gasteiger partial charge in [0, 0.05) is 12.8 Å². The first-order valence-electron chi connectivity index (χ1n) is 34.1. The van der Waals surface area contributed by atoms with Crippen molar-refractivity contribution in [2.24, 2.45) is 0 Å². The van der Waals surface area contributed by atoms with Crippen LogP contribution in [0.15, 0.2) is 24.3 Å². The summed E-state index contributed by atoms with van der Waals surface area (Å²) >= 11 is 0. The molecule has 0 aromatic rings. The van der Waals surface area contributed by atoms with Gasteiger partial charge in [-0.2, -0.15) is 0 Å². The van der Waals surface area contributed by atoms with Gasteiger partial charge in [0.1, 0.15) is 19.3 Å². The molecule has 0 saturated heterocycles. The average Bonchev–Trinajstić information content (AvgIpc) is 3.40. The molecule has 0 saturated carbocycles. The minimum absolute atomic E-state index is 0.0208. The number of unbranched alkanes of at least 4 members (excludes halogenated alkanes) is 45. The molecule has 0 aliphatic rings. The second kappa shape index (κ2) is 58.7. The van der Waals surface area contributed by atoms with Gasteiger partial charge in [0.05, 0.1) is 33.8 Å². The Morgan fingerprint density at radius 2 is 0.744 bits per heavy atom. The van der Waals surface area contributed by atoms with Crippen molar-refractivity contribution in [3.63, 3.8) is 0 Å². The number of quaternary nitrogens is 1. The predicted octanol–water partition coefficient (Wildman–Crippen LogP) is 20.7. The van der Waals surface area contributed by atoms with Crippen LogP contribution in [0.3, 0.4) is 0 Å². The number of hydrogen-bond donors (Lipinski definition) is 1. The van der Waals surface area contributed by atoms with Crippen LogP contribution in [0.5, 0.6) is 0 Å². The smallest absolute Gasteiger partial charge is 0.306 e. The highest BCUT2D eigenvalue weighted by atomic mass is 31.2. The van der Waals surface area contributed by atoms with Crippen molar-refractivity contribution < 1.29 is 37.3 Å². The van der Waals surface area contributed by atoms with Gasteiger partial charge in [-0.1, -0.05) is 302 Å². The van der Waals surface area contributed by atoms with Crippen molar-refractivity contribution in [2.45, 2.75) is 360 Å². The molecule has 1 amide bonds. The quantitative estimate of drug-likeness (QED) is 0.0212. The number of likely N-dealkylation sites (N-methyl/N-ethyl adjacent to an activating group) is 1. The molecule has 0 fully saturated rings. The molecule has 0 bridgehead atoms. The molecule has 1 N–H and O–H groups in total. The van der Waals surface area contributed by atoms with Crippen LogP contribution in [0.25, 0.3) is 0 Å². The van der Waals surface area contributed by atoms with Crippen LogP contribution in [-0.2, 0) is 27.9 Å². The predicted molar refractivity (Wildman–Crippen MR) is 335 cm³/mol. The van der Waals surface area contributed by atoms with Crippen molar-refractivity contribution in [1.82, 2.24) is 5.32 Å². The number of nitrogens with one attached hydrogen (secondary N) is 1. The Kier molecular flexibility index (Phi) is 57.5. The van der Waals surface area contributed by atoms with Gasteiger partial charge in [-0.25, -0.2) is 0 Å². The molecule has 0 rings (SSSR count). The van der Waals surface area contributed by atoms with Crippen LogP contribution in [0, 0.1) is 0 Å². The lowest BCUT2D eigenvalue weighted by Gasteiger charge is -2.30. The third-order valence-electron chi connectivity index (χ3n) is 15.6. The SMILES string of the molecule is CCCCCCCC/C=C\CCCCCC(=O)OC(/C=C\CCCCCCCCCCCC)C(COP(=O)([O-])OCC[N+](C)(C)C)NC(=O)CCCCCCCCCCCCCCCCCCCCCCCCCCCCC. The van der Waals surface area contributed by atoms with Crippen LogP contribution in [0.4, 0.5) is 0 Å². The minimum Gasteiger partial charge on any atom is -0.756 e. The Hall–Kier alpha value is -1.51. The van der Waals surface area contributed by atoms with Gasteiger partial charge in [-0.3, -0.25) is 14.2 Å². The van der Waals surface area contributed by atoms with Crippen LogP contribution >= 0.6 is 7.82 Å². The van der Waals surface area contributed by atoms with Crippen LogP contribution in [-0.4, -0.2) is 69.4 Å². The fourth-order valence-electron chi connectivity index (χ4n) is 10.3. The molecule has 0 aliphatic carbocycles. The van der Waals surface area contributed by atoms with Gasteiger partial charge in [0.2, 0.25) is 5.91 Å². The second-order valence-electron chi connectivity index (χ2n) is 24.7. The standard InChI is InChI=1S/C68H133N2O7P/c1-7-10-13-16-19-22-25-28-29-30-31-32-33-34-35-36-37-38-39-40-41-43-45-48-51-54-57-60-67(71)69-65(64-76-78(73,74)75-63-62-70(4,5)6)66(59-56-53-50-47-44-27-24-21-18-15-12-9-3)77-68(72)61-58-55-52-49-46-42-26-23-20-17-14-11-8-2/h42,46,56,59,65-66H,7-41,43-45,47-55,57-58,60-64H2,1-6H3,(H-,69,71,73,74)/b46-42-,59-56-. The normalized spacial score (nSPS) is 13.7. The van der Waals surface area contributed by atoms with Crippen LogP contribution in [0.2, 0.25) is 0 Å². The first-order chi connectivity index (χ1) is 37.9. The summed E-state index contributed by atoms with van der Waals surface area (Å²) in [6, 6.07) is -0.889. The van der Waals surface area contributed by atoms with E-state index in [1.54, 1.807) is 0 Å². The Labute approximate surface area is 485 Å². The number of rotatable bonds is 63.